The standard InChI is InChI=1S/C15H19N3O3/c1-4-14-16-10-7-12-13(21-6-5-20-12)8-11(10)18(14)9-15(19)17(2)3/h7-8H,4-6,9H2,1-3H3. The molecule has 0 atom stereocenters. The SMILES string of the molecule is CCc1nc2cc3c(cc2n1CC(=O)N(C)C)OCCO3. The van der Waals surface area contributed by atoms with Gasteiger partial charge in [0.05, 0.1) is 11.0 Å². The average Bonchev–Trinajstić information content (AvgIpc) is 2.82. The van der Waals surface area contributed by atoms with Crippen molar-refractivity contribution in [1.29, 1.82) is 0 Å². The number of likely N-dealkylation sites (N-methyl/N-ethyl adjacent to an activating group) is 1. The number of carbonyl (C=O) groups excluding carboxylic acids is 1. The Balaban J connectivity index is 2.10. The second-order valence-electron chi connectivity index (χ2n) is 5.24. The molecule has 112 valence electrons. The first-order valence-electron chi connectivity index (χ1n) is 7.09. The maximum atomic E-state index is 12.0. The first-order valence-corrected chi connectivity index (χ1v) is 7.09. The molecule has 0 spiro atoms. The molecular weight excluding hydrogens is 270 g/mol. The molecule has 2 aromatic rings. The van der Waals surface area contributed by atoms with Gasteiger partial charge in [-0.05, 0) is 0 Å². The summed E-state index contributed by atoms with van der Waals surface area (Å²) in [6, 6.07) is 3.80. The Morgan fingerprint density at radius 1 is 1.29 bits per heavy atom. The lowest BCUT2D eigenvalue weighted by Crippen LogP contribution is -2.27. The minimum absolute atomic E-state index is 0.0406. The zero-order valence-electron chi connectivity index (χ0n) is 12.5. The summed E-state index contributed by atoms with van der Waals surface area (Å²) in [6.07, 6.45) is 0.766. The van der Waals surface area contributed by atoms with E-state index in [0.29, 0.717) is 13.2 Å². The molecule has 3 rings (SSSR count). The first kappa shape index (κ1) is 13.7. The van der Waals surface area contributed by atoms with Crippen LogP contribution in [0.25, 0.3) is 11.0 Å². The van der Waals surface area contributed by atoms with Crippen molar-refractivity contribution in [2.75, 3.05) is 27.3 Å². The molecule has 1 aliphatic rings. The van der Waals surface area contributed by atoms with Gasteiger partial charge in [0.2, 0.25) is 5.91 Å². The minimum Gasteiger partial charge on any atom is -0.486 e. The van der Waals surface area contributed by atoms with Crippen LogP contribution in [0, 0.1) is 0 Å². The molecule has 0 fully saturated rings. The molecule has 1 aromatic carbocycles. The fraction of sp³-hybridized carbons (Fsp3) is 0.467. The second-order valence-corrected chi connectivity index (χ2v) is 5.24. The van der Waals surface area contributed by atoms with Crippen molar-refractivity contribution >= 4 is 16.9 Å². The highest BCUT2D eigenvalue weighted by Crippen LogP contribution is 2.34. The lowest BCUT2D eigenvalue weighted by Gasteiger charge is -2.18. The predicted molar refractivity (Wildman–Crippen MR) is 78.8 cm³/mol. The lowest BCUT2D eigenvalue weighted by atomic mass is 10.2. The van der Waals surface area contributed by atoms with E-state index in [9.17, 15) is 4.79 Å². The minimum atomic E-state index is 0.0406. The summed E-state index contributed by atoms with van der Waals surface area (Å²) < 4.78 is 13.2. The molecule has 0 bridgehead atoms. The van der Waals surface area contributed by atoms with E-state index in [-0.39, 0.29) is 12.5 Å². The van der Waals surface area contributed by atoms with Crippen LogP contribution in [-0.4, -0.2) is 47.7 Å². The van der Waals surface area contributed by atoms with Gasteiger partial charge in [-0.2, -0.15) is 0 Å². The average molecular weight is 289 g/mol. The van der Waals surface area contributed by atoms with E-state index < -0.39 is 0 Å². The highest BCUT2D eigenvalue weighted by molar-refractivity contribution is 5.83. The molecule has 0 N–H and O–H groups in total. The Bertz CT molecular complexity index is 691. The largest absolute Gasteiger partial charge is 0.486 e. The quantitative estimate of drug-likeness (QED) is 0.858. The summed E-state index contributed by atoms with van der Waals surface area (Å²) in [7, 11) is 3.51. The monoisotopic (exact) mass is 289 g/mol. The second kappa shape index (κ2) is 5.27. The van der Waals surface area contributed by atoms with Crippen LogP contribution in [0.4, 0.5) is 0 Å². The number of benzene rings is 1. The van der Waals surface area contributed by atoms with Crippen LogP contribution in [-0.2, 0) is 17.8 Å². The highest BCUT2D eigenvalue weighted by atomic mass is 16.6. The van der Waals surface area contributed by atoms with Crippen LogP contribution in [0.2, 0.25) is 0 Å². The molecule has 2 heterocycles. The molecule has 1 aromatic heterocycles. The highest BCUT2D eigenvalue weighted by Gasteiger charge is 2.19. The van der Waals surface area contributed by atoms with Crippen LogP contribution in [0.1, 0.15) is 12.7 Å². The van der Waals surface area contributed by atoms with Crippen molar-refractivity contribution in [3.63, 3.8) is 0 Å². The fourth-order valence-electron chi connectivity index (χ4n) is 2.43. The number of carbonyl (C=O) groups is 1. The van der Waals surface area contributed by atoms with Gasteiger partial charge >= 0.3 is 0 Å². The molecule has 6 heteroatoms. The molecule has 1 aliphatic heterocycles. The number of imidazole rings is 1. The van der Waals surface area contributed by atoms with Gasteiger partial charge in [0.25, 0.3) is 0 Å². The van der Waals surface area contributed by atoms with Crippen LogP contribution in [0.3, 0.4) is 0 Å². The van der Waals surface area contributed by atoms with Gasteiger partial charge in [0.1, 0.15) is 25.6 Å². The Morgan fingerprint density at radius 3 is 2.57 bits per heavy atom. The molecule has 0 radical (unpaired) electrons. The molecule has 0 unspecified atom stereocenters. The molecule has 0 aliphatic carbocycles. The fourth-order valence-corrected chi connectivity index (χ4v) is 2.43. The Kier molecular flexibility index (Phi) is 3.45. The molecule has 21 heavy (non-hydrogen) atoms. The predicted octanol–water partition coefficient (Wildman–Crippen LogP) is 1.46. The zero-order chi connectivity index (χ0) is 15.0. The van der Waals surface area contributed by atoms with E-state index >= 15 is 0 Å². The van der Waals surface area contributed by atoms with Gasteiger partial charge in [-0.25, -0.2) is 4.98 Å². The summed E-state index contributed by atoms with van der Waals surface area (Å²) in [5, 5.41) is 0. The van der Waals surface area contributed by atoms with Gasteiger partial charge in [0.15, 0.2) is 11.5 Å². The van der Waals surface area contributed by atoms with Crippen molar-refractivity contribution in [2.24, 2.45) is 0 Å². The van der Waals surface area contributed by atoms with Crippen LogP contribution < -0.4 is 9.47 Å². The molecule has 1 amide bonds. The smallest absolute Gasteiger partial charge is 0.242 e. The Hall–Kier alpha value is -2.24. The number of rotatable bonds is 3. The molecule has 6 nitrogen and oxygen atoms in total. The third kappa shape index (κ3) is 2.41. The van der Waals surface area contributed by atoms with Crippen molar-refractivity contribution < 1.29 is 14.3 Å². The van der Waals surface area contributed by atoms with Crippen molar-refractivity contribution in [3.8, 4) is 11.5 Å². The van der Waals surface area contributed by atoms with E-state index in [0.717, 1.165) is 34.8 Å². The van der Waals surface area contributed by atoms with E-state index in [1.165, 1.54) is 0 Å². The number of aryl methyl sites for hydroxylation is 1. The number of fused-ring (bicyclic) bond motifs is 2. The first-order chi connectivity index (χ1) is 10.1. The summed E-state index contributed by atoms with van der Waals surface area (Å²) in [6.45, 7) is 3.42. The maximum Gasteiger partial charge on any atom is 0.242 e. The van der Waals surface area contributed by atoms with Gasteiger partial charge in [-0.1, -0.05) is 6.92 Å². The summed E-state index contributed by atoms with van der Waals surface area (Å²) in [5.41, 5.74) is 1.74. The van der Waals surface area contributed by atoms with Crippen LogP contribution in [0.15, 0.2) is 12.1 Å². The summed E-state index contributed by atoms with van der Waals surface area (Å²) in [4.78, 5) is 18.2. The third-order valence-corrected chi connectivity index (χ3v) is 3.60. The number of amides is 1. The molecular formula is C15H19N3O3. The van der Waals surface area contributed by atoms with Gasteiger partial charge < -0.3 is 18.9 Å². The zero-order valence-corrected chi connectivity index (χ0v) is 12.5. The topological polar surface area (TPSA) is 56.6 Å². The molecule has 0 saturated carbocycles. The van der Waals surface area contributed by atoms with Crippen LogP contribution in [0.5, 0.6) is 11.5 Å². The van der Waals surface area contributed by atoms with Gasteiger partial charge in [0, 0.05) is 32.6 Å². The van der Waals surface area contributed by atoms with E-state index in [1.807, 2.05) is 23.6 Å². The Morgan fingerprint density at radius 2 is 1.95 bits per heavy atom. The number of aromatic nitrogens is 2. The number of ether oxygens (including phenoxy) is 2. The third-order valence-electron chi connectivity index (χ3n) is 3.60. The van der Waals surface area contributed by atoms with Crippen molar-refractivity contribution in [2.45, 2.75) is 19.9 Å². The number of hydrogen-bond acceptors (Lipinski definition) is 4. The van der Waals surface area contributed by atoms with E-state index in [1.54, 1.807) is 19.0 Å². The van der Waals surface area contributed by atoms with Crippen molar-refractivity contribution in [3.05, 3.63) is 18.0 Å². The summed E-state index contributed by atoms with van der Waals surface area (Å²) >= 11 is 0. The van der Waals surface area contributed by atoms with Crippen LogP contribution >= 0.6 is 0 Å². The maximum absolute atomic E-state index is 12.0. The van der Waals surface area contributed by atoms with E-state index in [4.69, 9.17) is 9.47 Å². The number of nitrogens with zero attached hydrogens (tertiary/aromatic N) is 3. The normalized spacial score (nSPS) is 13.5. The van der Waals surface area contributed by atoms with Gasteiger partial charge in [-0.15, -0.1) is 0 Å². The lowest BCUT2D eigenvalue weighted by molar-refractivity contribution is -0.129. The molecule has 0 saturated heterocycles. The van der Waals surface area contributed by atoms with E-state index in [2.05, 4.69) is 4.98 Å². The number of hydrogen-bond donors (Lipinski definition) is 0. The summed E-state index contributed by atoms with van der Waals surface area (Å²) in [5.74, 6) is 2.37. The van der Waals surface area contributed by atoms with Crippen molar-refractivity contribution in [1.82, 2.24) is 14.5 Å². The van der Waals surface area contributed by atoms with Gasteiger partial charge in [-0.3, -0.25) is 4.79 Å². The Labute approximate surface area is 123 Å².